The van der Waals surface area contributed by atoms with Gasteiger partial charge in [-0.05, 0) is 31.2 Å². The number of anilines is 1. The number of hydrogen-bond acceptors (Lipinski definition) is 6. The second-order valence-electron chi connectivity index (χ2n) is 6.23. The highest BCUT2D eigenvalue weighted by atomic mass is 15.4. The molecule has 0 saturated carbocycles. The number of nitrogens with two attached hydrogens (primary N) is 2. The predicted octanol–water partition coefficient (Wildman–Crippen LogP) is 1.07. The fourth-order valence-corrected chi connectivity index (χ4v) is 2.84. The van der Waals surface area contributed by atoms with E-state index in [4.69, 9.17) is 11.5 Å². The first-order chi connectivity index (χ1) is 11.9. The molecule has 0 bridgehead atoms. The van der Waals surface area contributed by atoms with E-state index in [0.717, 1.165) is 33.3 Å². The van der Waals surface area contributed by atoms with Crippen molar-refractivity contribution in [3.05, 3.63) is 53.4 Å². The van der Waals surface area contributed by atoms with Gasteiger partial charge in [-0.25, -0.2) is 9.67 Å². The Labute approximate surface area is 144 Å². The van der Waals surface area contributed by atoms with Crippen LogP contribution in [0.3, 0.4) is 0 Å². The number of pyridine rings is 1. The van der Waals surface area contributed by atoms with Crippen LogP contribution < -0.4 is 16.8 Å². The molecule has 0 radical (unpaired) electrons. The van der Waals surface area contributed by atoms with Crippen LogP contribution in [0.1, 0.15) is 23.6 Å². The molecule has 1 atom stereocenters. The molecule has 7 nitrogen and oxygen atoms in total. The zero-order valence-corrected chi connectivity index (χ0v) is 13.9. The van der Waals surface area contributed by atoms with E-state index in [9.17, 15) is 0 Å². The Hall–Kier alpha value is -3.37. The standard InChI is InChI=1S/C18H17N7/c1-18(20)14-10-21-17(19)8-13(14)12(9-22-18)5-3-11-4-6-15-16(7-11)25(2)24-23-15/h4,6-10,22H,20H2,1-2H3,(H2,19,21). The number of nitrogens with one attached hydrogen (secondary N) is 1. The summed E-state index contributed by atoms with van der Waals surface area (Å²) in [6, 6.07) is 7.60. The van der Waals surface area contributed by atoms with E-state index in [1.807, 2.05) is 38.4 Å². The topological polar surface area (TPSA) is 108 Å². The van der Waals surface area contributed by atoms with Crippen LogP contribution in [0, 0.1) is 11.8 Å². The molecule has 124 valence electrons. The van der Waals surface area contributed by atoms with E-state index in [1.54, 1.807) is 16.9 Å². The molecule has 1 unspecified atom stereocenters. The zero-order chi connectivity index (χ0) is 17.6. The van der Waals surface area contributed by atoms with Gasteiger partial charge in [0, 0.05) is 41.7 Å². The lowest BCUT2D eigenvalue weighted by atomic mass is 9.91. The molecule has 4 rings (SSSR count). The lowest BCUT2D eigenvalue weighted by molar-refractivity contribution is 0.431. The van der Waals surface area contributed by atoms with Gasteiger partial charge in [0.25, 0.3) is 0 Å². The summed E-state index contributed by atoms with van der Waals surface area (Å²) in [5.74, 6) is 6.81. The molecular weight excluding hydrogens is 314 g/mol. The molecule has 0 saturated heterocycles. The summed E-state index contributed by atoms with van der Waals surface area (Å²) in [5.41, 5.74) is 16.6. The molecule has 0 amide bonds. The summed E-state index contributed by atoms with van der Waals surface area (Å²) in [4.78, 5) is 4.14. The summed E-state index contributed by atoms with van der Waals surface area (Å²) in [7, 11) is 1.86. The number of aryl methyl sites for hydroxylation is 1. The average Bonchev–Trinajstić information content (AvgIpc) is 2.95. The van der Waals surface area contributed by atoms with Crippen molar-refractivity contribution in [2.75, 3.05) is 5.73 Å². The Kier molecular flexibility index (Phi) is 3.23. The van der Waals surface area contributed by atoms with Crippen LogP contribution in [0.5, 0.6) is 0 Å². The molecule has 5 N–H and O–H groups in total. The molecule has 0 aliphatic carbocycles. The summed E-state index contributed by atoms with van der Waals surface area (Å²) in [5, 5.41) is 11.2. The highest BCUT2D eigenvalue weighted by molar-refractivity contribution is 5.84. The Morgan fingerprint density at radius 2 is 2.08 bits per heavy atom. The first-order valence-electron chi connectivity index (χ1n) is 7.78. The summed E-state index contributed by atoms with van der Waals surface area (Å²) in [6.45, 7) is 1.88. The highest BCUT2D eigenvalue weighted by Gasteiger charge is 2.28. The molecule has 1 aliphatic rings. The van der Waals surface area contributed by atoms with E-state index in [2.05, 4.69) is 32.5 Å². The van der Waals surface area contributed by atoms with Crippen molar-refractivity contribution < 1.29 is 0 Å². The van der Waals surface area contributed by atoms with Gasteiger partial charge in [-0.1, -0.05) is 17.1 Å². The Morgan fingerprint density at radius 1 is 1.24 bits per heavy atom. The minimum atomic E-state index is -0.708. The van der Waals surface area contributed by atoms with Gasteiger partial charge in [-0.2, -0.15) is 0 Å². The van der Waals surface area contributed by atoms with Crippen LogP contribution in [0.15, 0.2) is 36.7 Å². The Morgan fingerprint density at radius 3 is 2.92 bits per heavy atom. The van der Waals surface area contributed by atoms with Crippen molar-refractivity contribution in [2.45, 2.75) is 12.6 Å². The lowest BCUT2D eigenvalue weighted by Crippen LogP contribution is -2.47. The monoisotopic (exact) mass is 331 g/mol. The van der Waals surface area contributed by atoms with Gasteiger partial charge < -0.3 is 16.8 Å². The maximum atomic E-state index is 6.27. The molecule has 3 aromatic rings. The molecule has 7 heteroatoms. The van der Waals surface area contributed by atoms with Crippen molar-refractivity contribution in [3.63, 3.8) is 0 Å². The molecule has 0 fully saturated rings. The smallest absolute Gasteiger partial charge is 0.123 e. The van der Waals surface area contributed by atoms with Crippen LogP contribution in [-0.2, 0) is 12.7 Å². The summed E-state index contributed by atoms with van der Waals surface area (Å²) < 4.78 is 1.73. The zero-order valence-electron chi connectivity index (χ0n) is 13.9. The van der Waals surface area contributed by atoms with Crippen molar-refractivity contribution in [2.24, 2.45) is 12.8 Å². The van der Waals surface area contributed by atoms with E-state index in [0.29, 0.717) is 5.82 Å². The number of benzene rings is 1. The van der Waals surface area contributed by atoms with Crippen molar-refractivity contribution in [3.8, 4) is 11.8 Å². The lowest BCUT2D eigenvalue weighted by Gasteiger charge is -2.31. The van der Waals surface area contributed by atoms with Crippen LogP contribution in [0.25, 0.3) is 16.6 Å². The van der Waals surface area contributed by atoms with Crippen LogP contribution >= 0.6 is 0 Å². The summed E-state index contributed by atoms with van der Waals surface area (Å²) >= 11 is 0. The van der Waals surface area contributed by atoms with Gasteiger partial charge in [0.1, 0.15) is 17.0 Å². The van der Waals surface area contributed by atoms with Gasteiger partial charge in [0.2, 0.25) is 0 Å². The first kappa shape index (κ1) is 15.2. The fourth-order valence-electron chi connectivity index (χ4n) is 2.84. The van der Waals surface area contributed by atoms with Crippen molar-refractivity contribution in [1.29, 1.82) is 0 Å². The molecule has 2 aromatic heterocycles. The van der Waals surface area contributed by atoms with Gasteiger partial charge in [0.15, 0.2) is 0 Å². The quantitative estimate of drug-likeness (QED) is 0.532. The van der Waals surface area contributed by atoms with E-state index < -0.39 is 5.66 Å². The maximum absolute atomic E-state index is 6.27. The van der Waals surface area contributed by atoms with Crippen LogP contribution in [-0.4, -0.2) is 20.0 Å². The summed E-state index contributed by atoms with van der Waals surface area (Å²) in [6.07, 6.45) is 3.51. The van der Waals surface area contributed by atoms with Crippen molar-refractivity contribution in [1.82, 2.24) is 25.3 Å². The number of rotatable bonds is 0. The second-order valence-corrected chi connectivity index (χ2v) is 6.23. The first-order valence-corrected chi connectivity index (χ1v) is 7.78. The van der Waals surface area contributed by atoms with Crippen LogP contribution in [0.4, 0.5) is 5.82 Å². The predicted molar refractivity (Wildman–Crippen MR) is 96.7 cm³/mol. The number of fused-ring (bicyclic) bond motifs is 2. The van der Waals surface area contributed by atoms with Gasteiger partial charge in [-0.3, -0.25) is 0 Å². The molecule has 3 heterocycles. The Bertz CT molecular complexity index is 1080. The van der Waals surface area contributed by atoms with Crippen molar-refractivity contribution >= 4 is 22.4 Å². The van der Waals surface area contributed by atoms with Gasteiger partial charge >= 0.3 is 0 Å². The highest BCUT2D eigenvalue weighted by Crippen LogP contribution is 2.30. The fraction of sp³-hybridized carbons (Fsp3) is 0.167. The third kappa shape index (κ3) is 2.58. The number of allylic oxidation sites excluding steroid dienone is 1. The maximum Gasteiger partial charge on any atom is 0.123 e. The molecule has 25 heavy (non-hydrogen) atoms. The number of hydrogen-bond donors (Lipinski definition) is 3. The van der Waals surface area contributed by atoms with Crippen LogP contribution in [0.2, 0.25) is 0 Å². The Balaban J connectivity index is 1.76. The molecule has 0 spiro atoms. The van der Waals surface area contributed by atoms with E-state index in [-0.39, 0.29) is 0 Å². The van der Waals surface area contributed by atoms with Gasteiger partial charge in [-0.15, -0.1) is 5.10 Å². The minimum absolute atomic E-state index is 0.437. The number of aromatic nitrogens is 4. The second kappa shape index (κ2) is 5.33. The van der Waals surface area contributed by atoms with E-state index >= 15 is 0 Å². The molecule has 1 aliphatic heterocycles. The third-order valence-corrected chi connectivity index (χ3v) is 4.24. The minimum Gasteiger partial charge on any atom is -0.384 e. The SMILES string of the molecule is Cn1nnc2ccc(C#CC3=CNC(C)(N)c4cnc(N)cc43)cc21. The third-order valence-electron chi connectivity index (χ3n) is 4.24. The average molecular weight is 331 g/mol. The number of nitrogen functional groups attached to an aromatic ring is 1. The van der Waals surface area contributed by atoms with Gasteiger partial charge in [0.05, 0.1) is 5.52 Å². The molecular formula is C18H17N7. The van der Waals surface area contributed by atoms with E-state index in [1.165, 1.54) is 0 Å². The molecule has 1 aromatic carbocycles. The largest absolute Gasteiger partial charge is 0.384 e. The number of nitrogens with zero attached hydrogens (tertiary/aromatic N) is 4. The normalized spacial score (nSPS) is 18.8.